The van der Waals surface area contributed by atoms with Crippen molar-refractivity contribution in [2.45, 2.75) is 24.1 Å². The Morgan fingerprint density at radius 1 is 1.27 bits per heavy atom. The van der Waals surface area contributed by atoms with Crippen molar-refractivity contribution in [1.82, 2.24) is 9.97 Å². The lowest BCUT2D eigenvalue weighted by Gasteiger charge is -1.99. The first-order valence-electron chi connectivity index (χ1n) is 4.38. The monoisotopic (exact) mass is 284 g/mol. The van der Waals surface area contributed by atoms with Crippen LogP contribution in [0.2, 0.25) is 0 Å². The van der Waals surface area contributed by atoms with Crippen molar-refractivity contribution in [2.24, 2.45) is 0 Å². The molecule has 0 aliphatic heterocycles. The van der Waals surface area contributed by atoms with Gasteiger partial charge in [0.1, 0.15) is 11.3 Å². The summed E-state index contributed by atoms with van der Waals surface area (Å²) < 4.78 is 6.25. The minimum atomic E-state index is 0.627. The van der Waals surface area contributed by atoms with Gasteiger partial charge < -0.3 is 4.42 Å². The van der Waals surface area contributed by atoms with Gasteiger partial charge in [0, 0.05) is 4.47 Å². The summed E-state index contributed by atoms with van der Waals surface area (Å²) in [4.78, 5) is 8.60. The van der Waals surface area contributed by atoms with Crippen LogP contribution < -0.4 is 0 Å². The van der Waals surface area contributed by atoms with Gasteiger partial charge in [-0.2, -0.15) is 0 Å². The fourth-order valence-corrected chi connectivity index (χ4v) is 2.05. The first kappa shape index (κ1) is 10.7. The summed E-state index contributed by atoms with van der Waals surface area (Å²) >= 11 is 4.83. The van der Waals surface area contributed by atoms with Crippen molar-refractivity contribution in [3.05, 3.63) is 34.3 Å². The molecule has 0 saturated carbocycles. The number of nitrogens with zero attached hydrogens (tertiary/aromatic N) is 2. The average Bonchev–Trinajstić information content (AvgIpc) is 2.58. The second kappa shape index (κ2) is 4.37. The number of hydrogen-bond acceptors (Lipinski definition) is 4. The highest BCUT2D eigenvalue weighted by Gasteiger charge is 2.05. The maximum absolute atomic E-state index is 5.24. The highest BCUT2D eigenvalue weighted by atomic mass is 79.9. The zero-order valence-electron chi connectivity index (χ0n) is 8.32. The highest BCUT2D eigenvalue weighted by Crippen LogP contribution is 2.27. The fraction of sp³-hybridized carbons (Fsp3) is 0.200. The maximum atomic E-state index is 5.24. The summed E-state index contributed by atoms with van der Waals surface area (Å²) in [6.07, 6.45) is 1.63. The largest absolute Gasteiger partial charge is 0.439 e. The Balaban J connectivity index is 2.21. The van der Waals surface area contributed by atoms with Crippen LogP contribution in [0.3, 0.4) is 0 Å². The Hall–Kier alpha value is -0.810. The minimum absolute atomic E-state index is 0.627. The van der Waals surface area contributed by atoms with Crippen molar-refractivity contribution in [3.63, 3.8) is 0 Å². The predicted molar refractivity (Wildman–Crippen MR) is 62.0 cm³/mol. The van der Waals surface area contributed by atoms with E-state index in [1.807, 2.05) is 26.0 Å². The van der Waals surface area contributed by atoms with Crippen LogP contribution in [-0.4, -0.2) is 9.97 Å². The lowest BCUT2D eigenvalue weighted by Crippen LogP contribution is -1.85. The van der Waals surface area contributed by atoms with Crippen molar-refractivity contribution in [2.75, 3.05) is 0 Å². The van der Waals surface area contributed by atoms with Gasteiger partial charge in [0.25, 0.3) is 5.22 Å². The Bertz CT molecular complexity index is 484. The summed E-state index contributed by atoms with van der Waals surface area (Å²) in [5.74, 6) is 0. The number of rotatable bonds is 2. The lowest BCUT2D eigenvalue weighted by atomic mass is 10.4. The van der Waals surface area contributed by atoms with Crippen LogP contribution in [0.15, 0.2) is 37.5 Å². The molecule has 0 aliphatic rings. The molecule has 0 radical (unpaired) electrons. The van der Waals surface area contributed by atoms with E-state index in [0.29, 0.717) is 5.22 Å². The first-order chi connectivity index (χ1) is 7.15. The molecule has 2 aromatic heterocycles. The molecule has 3 nitrogen and oxygen atoms in total. The summed E-state index contributed by atoms with van der Waals surface area (Å²) in [6.45, 7) is 3.85. The van der Waals surface area contributed by atoms with Gasteiger partial charge in [-0.1, -0.05) is 0 Å². The van der Waals surface area contributed by atoms with Crippen LogP contribution in [0, 0.1) is 13.8 Å². The third kappa shape index (κ3) is 2.60. The molecule has 78 valence electrons. The van der Waals surface area contributed by atoms with Crippen molar-refractivity contribution >= 4 is 27.7 Å². The molecule has 15 heavy (non-hydrogen) atoms. The van der Waals surface area contributed by atoms with Crippen molar-refractivity contribution in [3.8, 4) is 0 Å². The van der Waals surface area contributed by atoms with Gasteiger partial charge in [-0.05, 0) is 53.7 Å². The quantitative estimate of drug-likeness (QED) is 0.845. The van der Waals surface area contributed by atoms with E-state index in [0.717, 1.165) is 20.9 Å². The number of aryl methyl sites for hydroxylation is 2. The Morgan fingerprint density at radius 2 is 2.07 bits per heavy atom. The molecule has 0 bridgehead atoms. The van der Waals surface area contributed by atoms with Crippen LogP contribution in [0.5, 0.6) is 0 Å². The lowest BCUT2D eigenvalue weighted by molar-refractivity contribution is 0.454. The van der Waals surface area contributed by atoms with Gasteiger partial charge in [0.15, 0.2) is 0 Å². The van der Waals surface area contributed by atoms with E-state index >= 15 is 0 Å². The molecular formula is C10H9BrN2OS. The van der Waals surface area contributed by atoms with Crippen LogP contribution in [0.25, 0.3) is 0 Å². The number of hydrogen-bond donors (Lipinski definition) is 0. The maximum Gasteiger partial charge on any atom is 0.262 e. The molecule has 0 atom stereocenters. The summed E-state index contributed by atoms with van der Waals surface area (Å²) in [5, 5.41) is 1.51. The van der Waals surface area contributed by atoms with Crippen LogP contribution >= 0.6 is 27.7 Å². The second-order valence-corrected chi connectivity index (χ2v) is 4.90. The molecule has 2 aromatic rings. The molecule has 0 fully saturated rings. The Morgan fingerprint density at radius 3 is 2.67 bits per heavy atom. The third-order valence-electron chi connectivity index (χ3n) is 1.79. The van der Waals surface area contributed by atoms with Crippen LogP contribution in [-0.2, 0) is 0 Å². The van der Waals surface area contributed by atoms with Crippen LogP contribution in [0.1, 0.15) is 11.4 Å². The van der Waals surface area contributed by atoms with E-state index < -0.39 is 0 Å². The fourth-order valence-electron chi connectivity index (χ4n) is 1.05. The van der Waals surface area contributed by atoms with E-state index in [-0.39, 0.29) is 0 Å². The van der Waals surface area contributed by atoms with E-state index in [2.05, 4.69) is 25.9 Å². The topological polar surface area (TPSA) is 38.9 Å². The van der Waals surface area contributed by atoms with Crippen LogP contribution in [0.4, 0.5) is 0 Å². The third-order valence-corrected chi connectivity index (χ3v) is 3.42. The van der Waals surface area contributed by atoms with Gasteiger partial charge in [-0.25, -0.2) is 9.97 Å². The molecule has 0 aromatic carbocycles. The molecule has 5 heteroatoms. The molecule has 0 amide bonds. The van der Waals surface area contributed by atoms with Gasteiger partial charge in [-0.15, -0.1) is 0 Å². The molecule has 0 saturated heterocycles. The van der Waals surface area contributed by atoms with Crippen molar-refractivity contribution in [1.29, 1.82) is 0 Å². The molecule has 2 heterocycles. The number of aromatic nitrogens is 2. The summed E-state index contributed by atoms with van der Waals surface area (Å²) in [7, 11) is 0. The van der Waals surface area contributed by atoms with Gasteiger partial charge in [-0.3, -0.25) is 0 Å². The zero-order chi connectivity index (χ0) is 10.8. The summed E-state index contributed by atoms with van der Waals surface area (Å²) in [5.41, 5.74) is 1.84. The number of pyridine rings is 1. The van der Waals surface area contributed by atoms with Gasteiger partial charge >= 0.3 is 0 Å². The van der Waals surface area contributed by atoms with Gasteiger partial charge in [0.2, 0.25) is 0 Å². The van der Waals surface area contributed by atoms with E-state index in [4.69, 9.17) is 4.42 Å². The smallest absolute Gasteiger partial charge is 0.262 e. The number of halogens is 1. The van der Waals surface area contributed by atoms with Gasteiger partial charge in [0.05, 0.1) is 11.4 Å². The van der Waals surface area contributed by atoms with E-state index in [9.17, 15) is 0 Å². The Kier molecular flexibility index (Phi) is 3.11. The van der Waals surface area contributed by atoms with Crippen molar-refractivity contribution < 1.29 is 4.42 Å². The zero-order valence-corrected chi connectivity index (χ0v) is 10.7. The van der Waals surface area contributed by atoms with E-state index in [1.54, 1.807) is 6.26 Å². The number of oxazole rings is 1. The molecule has 0 aliphatic carbocycles. The standard InChI is InChI=1S/C10H9BrN2OS/c1-6-5-14-10(12-6)15-9-4-3-8(11)7(2)13-9/h3-5H,1-2H3. The second-order valence-electron chi connectivity index (χ2n) is 3.07. The Labute approximate surface area is 100 Å². The molecule has 0 N–H and O–H groups in total. The highest BCUT2D eigenvalue weighted by molar-refractivity contribution is 9.10. The molecule has 0 unspecified atom stereocenters. The van der Waals surface area contributed by atoms with E-state index in [1.165, 1.54) is 11.8 Å². The molecule has 2 rings (SSSR count). The normalized spacial score (nSPS) is 10.6. The minimum Gasteiger partial charge on any atom is -0.439 e. The SMILES string of the molecule is Cc1coc(Sc2ccc(Br)c(C)n2)n1. The summed E-state index contributed by atoms with van der Waals surface area (Å²) in [6, 6.07) is 3.90. The first-order valence-corrected chi connectivity index (χ1v) is 5.99. The average molecular weight is 285 g/mol. The predicted octanol–water partition coefficient (Wildman–Crippen LogP) is 3.60. The molecular weight excluding hydrogens is 276 g/mol. The molecule has 0 spiro atoms.